The molecule has 1 aromatic rings. The van der Waals surface area contributed by atoms with E-state index in [4.69, 9.17) is 9.47 Å². The molecule has 1 fully saturated rings. The molecule has 1 aromatic carbocycles. The Morgan fingerprint density at radius 1 is 1.30 bits per heavy atom. The maximum Gasteiger partial charge on any atom is 0.410 e. The first kappa shape index (κ1) is 17.2. The Bertz CT molecular complexity index is 568. The lowest BCUT2D eigenvalue weighted by atomic mass is 10.1. The average Bonchev–Trinajstić information content (AvgIpc) is 2.45. The number of hydrogen-bond donors (Lipinski definition) is 1. The zero-order valence-corrected chi connectivity index (χ0v) is 14.5. The molecular formula is C17H26N2O4. The molecule has 1 aliphatic heterocycles. The van der Waals surface area contributed by atoms with Crippen LogP contribution in [0.5, 0.6) is 11.5 Å². The molecule has 0 saturated carbocycles. The molecule has 1 amide bonds. The fourth-order valence-corrected chi connectivity index (χ4v) is 2.65. The van der Waals surface area contributed by atoms with Gasteiger partial charge in [0.1, 0.15) is 5.60 Å². The Hall–Kier alpha value is -2.11. The van der Waals surface area contributed by atoms with Gasteiger partial charge >= 0.3 is 6.09 Å². The lowest BCUT2D eigenvalue weighted by molar-refractivity contribution is 0.0159. The SMILES string of the molecule is COc1cc(N2CCN(C(=O)OC(C)(C)C)[C@H](C)C2)ccc1O. The molecule has 1 saturated heterocycles. The first-order chi connectivity index (χ1) is 10.7. The van der Waals surface area contributed by atoms with Crippen molar-refractivity contribution < 1.29 is 19.4 Å². The molecule has 1 N–H and O–H groups in total. The monoisotopic (exact) mass is 322 g/mol. The Balaban J connectivity index is 2.05. The molecule has 0 spiro atoms. The van der Waals surface area contributed by atoms with E-state index in [9.17, 15) is 9.90 Å². The van der Waals surface area contributed by atoms with Crippen molar-refractivity contribution >= 4 is 11.8 Å². The Kier molecular flexibility index (Phi) is 4.92. The Morgan fingerprint density at radius 2 is 2.00 bits per heavy atom. The van der Waals surface area contributed by atoms with Crippen LogP contribution in [-0.2, 0) is 4.74 Å². The third-order valence-electron chi connectivity index (χ3n) is 3.78. The molecule has 1 aliphatic rings. The number of nitrogens with zero attached hydrogens (tertiary/aromatic N) is 2. The second kappa shape index (κ2) is 6.56. The Labute approximate surface area is 137 Å². The van der Waals surface area contributed by atoms with Crippen molar-refractivity contribution in [1.82, 2.24) is 4.90 Å². The second-order valence-corrected chi connectivity index (χ2v) is 6.82. The van der Waals surface area contributed by atoms with E-state index in [1.807, 2.05) is 39.8 Å². The first-order valence-electron chi connectivity index (χ1n) is 7.83. The molecule has 23 heavy (non-hydrogen) atoms. The third kappa shape index (κ3) is 4.21. The number of amides is 1. The van der Waals surface area contributed by atoms with Crippen molar-refractivity contribution in [2.45, 2.75) is 39.3 Å². The lowest BCUT2D eigenvalue weighted by Crippen LogP contribution is -2.55. The fourth-order valence-electron chi connectivity index (χ4n) is 2.65. The first-order valence-corrected chi connectivity index (χ1v) is 7.83. The van der Waals surface area contributed by atoms with Gasteiger partial charge in [0.15, 0.2) is 11.5 Å². The van der Waals surface area contributed by atoms with E-state index in [0.29, 0.717) is 25.4 Å². The summed E-state index contributed by atoms with van der Waals surface area (Å²) >= 11 is 0. The van der Waals surface area contributed by atoms with Gasteiger partial charge in [0.25, 0.3) is 0 Å². The smallest absolute Gasteiger partial charge is 0.410 e. The molecule has 0 aliphatic carbocycles. The number of phenolic OH excluding ortho intramolecular Hbond substituents is 1. The van der Waals surface area contributed by atoms with Crippen LogP contribution in [0.25, 0.3) is 0 Å². The minimum absolute atomic E-state index is 0.0402. The average molecular weight is 322 g/mol. The van der Waals surface area contributed by atoms with E-state index in [1.54, 1.807) is 11.0 Å². The molecule has 1 atom stereocenters. The third-order valence-corrected chi connectivity index (χ3v) is 3.78. The van der Waals surface area contributed by atoms with E-state index >= 15 is 0 Å². The van der Waals surface area contributed by atoms with Crippen molar-refractivity contribution in [3.8, 4) is 11.5 Å². The quantitative estimate of drug-likeness (QED) is 0.907. The molecule has 0 aromatic heterocycles. The number of piperazine rings is 1. The highest BCUT2D eigenvalue weighted by Crippen LogP contribution is 2.31. The van der Waals surface area contributed by atoms with Crippen LogP contribution < -0.4 is 9.64 Å². The van der Waals surface area contributed by atoms with Gasteiger partial charge in [-0.3, -0.25) is 0 Å². The molecule has 6 nitrogen and oxygen atoms in total. The van der Waals surface area contributed by atoms with Crippen LogP contribution in [0.3, 0.4) is 0 Å². The Morgan fingerprint density at radius 3 is 2.57 bits per heavy atom. The highest BCUT2D eigenvalue weighted by Gasteiger charge is 2.31. The van der Waals surface area contributed by atoms with Crippen LogP contribution in [0.4, 0.5) is 10.5 Å². The van der Waals surface area contributed by atoms with Crippen LogP contribution in [-0.4, -0.2) is 54.5 Å². The minimum Gasteiger partial charge on any atom is -0.504 e. The fraction of sp³-hybridized carbons (Fsp3) is 0.588. The topological polar surface area (TPSA) is 62.2 Å². The highest BCUT2D eigenvalue weighted by molar-refractivity contribution is 5.69. The van der Waals surface area contributed by atoms with Crippen LogP contribution in [0.1, 0.15) is 27.7 Å². The second-order valence-electron chi connectivity index (χ2n) is 6.82. The van der Waals surface area contributed by atoms with Gasteiger partial charge < -0.3 is 24.4 Å². The van der Waals surface area contributed by atoms with Crippen LogP contribution in [0.2, 0.25) is 0 Å². The summed E-state index contributed by atoms with van der Waals surface area (Å²) in [6.45, 7) is 9.62. The number of carbonyl (C=O) groups excluding carboxylic acids is 1. The van der Waals surface area contributed by atoms with Gasteiger partial charge in [-0.2, -0.15) is 0 Å². The number of anilines is 1. The summed E-state index contributed by atoms with van der Waals surface area (Å²) in [5.74, 6) is 0.571. The van der Waals surface area contributed by atoms with Crippen molar-refractivity contribution in [3.63, 3.8) is 0 Å². The maximum atomic E-state index is 12.2. The molecular weight excluding hydrogens is 296 g/mol. The largest absolute Gasteiger partial charge is 0.504 e. The van der Waals surface area contributed by atoms with Crippen molar-refractivity contribution in [2.75, 3.05) is 31.6 Å². The summed E-state index contributed by atoms with van der Waals surface area (Å²) < 4.78 is 10.6. The molecule has 6 heteroatoms. The molecule has 0 bridgehead atoms. The summed E-state index contributed by atoms with van der Waals surface area (Å²) in [6.07, 6.45) is -0.270. The van der Waals surface area contributed by atoms with Crippen LogP contribution >= 0.6 is 0 Å². The predicted molar refractivity (Wildman–Crippen MR) is 89.3 cm³/mol. The molecule has 2 rings (SSSR count). The zero-order chi connectivity index (χ0) is 17.2. The molecule has 0 unspecified atom stereocenters. The van der Waals surface area contributed by atoms with Gasteiger partial charge in [-0.15, -0.1) is 0 Å². The lowest BCUT2D eigenvalue weighted by Gasteiger charge is -2.41. The van der Waals surface area contributed by atoms with E-state index < -0.39 is 5.60 Å². The number of methoxy groups -OCH3 is 1. The van der Waals surface area contributed by atoms with E-state index in [1.165, 1.54) is 7.11 Å². The predicted octanol–water partition coefficient (Wildman–Crippen LogP) is 2.85. The number of rotatable bonds is 2. The summed E-state index contributed by atoms with van der Waals surface area (Å²) in [6, 6.07) is 5.33. The standard InChI is InChI=1S/C17H26N2O4/c1-12-11-18(13-6-7-14(20)15(10-13)22-5)8-9-19(12)16(21)23-17(2,3)4/h6-7,10,12,20H,8-9,11H2,1-5H3/t12-/m1/s1. The number of phenols is 1. The molecule has 128 valence electrons. The minimum atomic E-state index is -0.488. The highest BCUT2D eigenvalue weighted by atomic mass is 16.6. The molecule has 1 heterocycles. The van der Waals surface area contributed by atoms with E-state index in [2.05, 4.69) is 4.90 Å². The van der Waals surface area contributed by atoms with Gasteiger partial charge in [0, 0.05) is 37.4 Å². The van der Waals surface area contributed by atoms with Crippen molar-refractivity contribution in [3.05, 3.63) is 18.2 Å². The summed E-state index contributed by atoms with van der Waals surface area (Å²) in [5, 5.41) is 9.70. The number of benzene rings is 1. The summed E-state index contributed by atoms with van der Waals surface area (Å²) in [7, 11) is 1.53. The van der Waals surface area contributed by atoms with Gasteiger partial charge in [-0.25, -0.2) is 4.79 Å². The van der Waals surface area contributed by atoms with E-state index in [0.717, 1.165) is 5.69 Å². The summed E-state index contributed by atoms with van der Waals surface area (Å²) in [5.41, 5.74) is 0.480. The van der Waals surface area contributed by atoms with Crippen molar-refractivity contribution in [2.24, 2.45) is 0 Å². The number of ether oxygens (including phenoxy) is 2. The number of aromatic hydroxyl groups is 1. The normalized spacial score (nSPS) is 18.7. The van der Waals surface area contributed by atoms with Gasteiger partial charge in [-0.05, 0) is 39.8 Å². The zero-order valence-electron chi connectivity index (χ0n) is 14.5. The number of hydrogen-bond acceptors (Lipinski definition) is 5. The summed E-state index contributed by atoms with van der Waals surface area (Å²) in [4.78, 5) is 16.2. The maximum absolute atomic E-state index is 12.2. The van der Waals surface area contributed by atoms with Gasteiger partial charge in [0.05, 0.1) is 7.11 Å². The number of carbonyl (C=O) groups is 1. The van der Waals surface area contributed by atoms with Crippen LogP contribution in [0, 0.1) is 0 Å². The van der Waals surface area contributed by atoms with Gasteiger partial charge in [0.2, 0.25) is 0 Å². The van der Waals surface area contributed by atoms with Crippen molar-refractivity contribution in [1.29, 1.82) is 0 Å². The van der Waals surface area contributed by atoms with Crippen LogP contribution in [0.15, 0.2) is 18.2 Å². The van der Waals surface area contributed by atoms with Gasteiger partial charge in [-0.1, -0.05) is 0 Å². The van der Waals surface area contributed by atoms with E-state index in [-0.39, 0.29) is 17.9 Å². The molecule has 0 radical (unpaired) electrons.